The van der Waals surface area contributed by atoms with E-state index in [9.17, 15) is 0 Å². The molecule has 3 nitrogen and oxygen atoms in total. The summed E-state index contributed by atoms with van der Waals surface area (Å²) >= 11 is 3.30. The van der Waals surface area contributed by atoms with Crippen molar-refractivity contribution in [3.63, 3.8) is 0 Å². The number of rotatable bonds is 2. The molecule has 1 aromatic heterocycles. The minimum absolute atomic E-state index is 0.779. The molecule has 1 aromatic rings. The number of alkyl halides is 1. The van der Waals surface area contributed by atoms with Crippen molar-refractivity contribution in [2.75, 3.05) is 0 Å². The molecule has 0 fully saturated rings. The average Bonchev–Trinajstić information content (AvgIpc) is 2.33. The van der Waals surface area contributed by atoms with E-state index in [1.807, 2.05) is 11.6 Å². The van der Waals surface area contributed by atoms with E-state index in [1.165, 1.54) is 0 Å². The lowest BCUT2D eigenvalue weighted by Gasteiger charge is -1.95. The molecule has 0 bridgehead atoms. The van der Waals surface area contributed by atoms with Crippen LogP contribution in [0.2, 0.25) is 0 Å². The summed E-state index contributed by atoms with van der Waals surface area (Å²) in [4.78, 5) is 4.01. The Morgan fingerprint density at radius 1 is 1.78 bits per heavy atom. The fourth-order valence-corrected chi connectivity index (χ4v) is 1.09. The number of aromatic nitrogens is 3. The van der Waals surface area contributed by atoms with Gasteiger partial charge in [0.25, 0.3) is 0 Å². The van der Waals surface area contributed by atoms with Gasteiger partial charge in [0.05, 0.1) is 5.33 Å². The highest BCUT2D eigenvalue weighted by Gasteiger charge is 1.96. The van der Waals surface area contributed by atoms with Gasteiger partial charge in [0, 0.05) is 6.54 Å². The van der Waals surface area contributed by atoms with E-state index < -0.39 is 0 Å². The first-order valence-electron chi connectivity index (χ1n) is 2.81. The van der Waals surface area contributed by atoms with Crippen molar-refractivity contribution >= 4 is 15.9 Å². The molecule has 0 atom stereocenters. The highest BCUT2D eigenvalue weighted by molar-refractivity contribution is 9.08. The molecule has 50 valence electrons. The van der Waals surface area contributed by atoms with Crippen LogP contribution in [0.15, 0.2) is 6.33 Å². The van der Waals surface area contributed by atoms with Crippen LogP contribution in [-0.2, 0) is 11.9 Å². The first-order valence-corrected chi connectivity index (χ1v) is 3.93. The van der Waals surface area contributed by atoms with Gasteiger partial charge in [-0.2, -0.15) is 5.10 Å². The largest absolute Gasteiger partial charge is 0.250 e. The fraction of sp³-hybridized carbons (Fsp3) is 0.600. The van der Waals surface area contributed by atoms with Crippen molar-refractivity contribution in [3.05, 3.63) is 12.2 Å². The van der Waals surface area contributed by atoms with E-state index in [1.54, 1.807) is 6.33 Å². The number of hydrogen-bond acceptors (Lipinski definition) is 2. The summed E-state index contributed by atoms with van der Waals surface area (Å²) in [5.74, 6) is 0.984. The second kappa shape index (κ2) is 2.96. The standard InChI is InChI=1S/C5H8BrN3/c1-2-9-5(3-6)7-4-8-9/h4H,2-3H2,1H3. The Labute approximate surface area is 62.2 Å². The Hall–Kier alpha value is -0.380. The first-order chi connectivity index (χ1) is 4.38. The van der Waals surface area contributed by atoms with Gasteiger partial charge in [0.2, 0.25) is 0 Å². The summed E-state index contributed by atoms with van der Waals surface area (Å²) in [5.41, 5.74) is 0. The highest BCUT2D eigenvalue weighted by atomic mass is 79.9. The van der Waals surface area contributed by atoms with Crippen LogP contribution in [0.5, 0.6) is 0 Å². The van der Waals surface area contributed by atoms with E-state index in [0.717, 1.165) is 17.7 Å². The number of hydrogen-bond donors (Lipinski definition) is 0. The van der Waals surface area contributed by atoms with Gasteiger partial charge in [0.15, 0.2) is 0 Å². The van der Waals surface area contributed by atoms with Crippen molar-refractivity contribution in [2.24, 2.45) is 0 Å². The number of nitrogens with zero attached hydrogens (tertiary/aromatic N) is 3. The van der Waals surface area contributed by atoms with Crippen LogP contribution < -0.4 is 0 Å². The third-order valence-electron chi connectivity index (χ3n) is 1.11. The summed E-state index contributed by atoms with van der Waals surface area (Å²) in [5, 5.41) is 4.76. The molecule has 1 heterocycles. The third kappa shape index (κ3) is 1.30. The van der Waals surface area contributed by atoms with Crippen LogP contribution in [-0.4, -0.2) is 14.8 Å². The molecule has 0 amide bonds. The molecule has 0 saturated carbocycles. The molecule has 0 unspecified atom stereocenters. The molecular formula is C5H8BrN3. The van der Waals surface area contributed by atoms with E-state index in [0.29, 0.717) is 0 Å². The molecule has 0 aliphatic heterocycles. The Morgan fingerprint density at radius 3 is 3.00 bits per heavy atom. The summed E-state index contributed by atoms with van der Waals surface area (Å²) in [6.07, 6.45) is 1.57. The summed E-state index contributed by atoms with van der Waals surface area (Å²) in [6, 6.07) is 0. The lowest BCUT2D eigenvalue weighted by Crippen LogP contribution is -2.00. The van der Waals surface area contributed by atoms with Crippen molar-refractivity contribution in [3.8, 4) is 0 Å². The third-order valence-corrected chi connectivity index (χ3v) is 1.62. The van der Waals surface area contributed by atoms with Crippen LogP contribution >= 0.6 is 15.9 Å². The molecule has 0 aromatic carbocycles. The minimum Gasteiger partial charge on any atom is -0.250 e. The summed E-state index contributed by atoms with van der Waals surface area (Å²) < 4.78 is 1.86. The smallest absolute Gasteiger partial charge is 0.138 e. The molecular weight excluding hydrogens is 182 g/mol. The second-order valence-corrected chi connectivity index (χ2v) is 2.19. The lowest BCUT2D eigenvalue weighted by molar-refractivity contribution is 0.633. The van der Waals surface area contributed by atoms with Gasteiger partial charge < -0.3 is 0 Å². The Bertz CT molecular complexity index is 166. The fourth-order valence-electron chi connectivity index (χ4n) is 0.656. The van der Waals surface area contributed by atoms with E-state index >= 15 is 0 Å². The molecule has 0 spiro atoms. The molecule has 1 rings (SSSR count). The molecule has 0 aliphatic rings. The normalized spacial score (nSPS) is 10.0. The van der Waals surface area contributed by atoms with Crippen LogP contribution in [0.25, 0.3) is 0 Å². The molecule has 4 heteroatoms. The van der Waals surface area contributed by atoms with Crippen LogP contribution in [0.3, 0.4) is 0 Å². The lowest BCUT2D eigenvalue weighted by atomic mass is 10.6. The summed E-state index contributed by atoms with van der Waals surface area (Å²) in [6.45, 7) is 2.93. The Kier molecular flexibility index (Phi) is 2.22. The van der Waals surface area contributed by atoms with E-state index in [4.69, 9.17) is 0 Å². The van der Waals surface area contributed by atoms with Crippen LogP contribution in [0.1, 0.15) is 12.7 Å². The van der Waals surface area contributed by atoms with E-state index in [-0.39, 0.29) is 0 Å². The Balaban J connectivity index is 2.85. The maximum absolute atomic E-state index is 4.01. The van der Waals surface area contributed by atoms with Gasteiger partial charge in [-0.05, 0) is 6.92 Å². The number of aryl methyl sites for hydroxylation is 1. The van der Waals surface area contributed by atoms with Crippen molar-refractivity contribution in [1.82, 2.24) is 14.8 Å². The molecule has 0 radical (unpaired) electrons. The predicted octanol–water partition coefficient (Wildman–Crippen LogP) is 1.19. The monoisotopic (exact) mass is 189 g/mol. The molecule has 0 saturated heterocycles. The molecule has 9 heavy (non-hydrogen) atoms. The maximum atomic E-state index is 4.01. The molecule has 0 N–H and O–H groups in total. The van der Waals surface area contributed by atoms with Crippen LogP contribution in [0.4, 0.5) is 0 Å². The van der Waals surface area contributed by atoms with Gasteiger partial charge in [0.1, 0.15) is 12.2 Å². The highest BCUT2D eigenvalue weighted by Crippen LogP contribution is 1.98. The predicted molar refractivity (Wildman–Crippen MR) is 38.3 cm³/mol. The van der Waals surface area contributed by atoms with Crippen molar-refractivity contribution in [2.45, 2.75) is 18.8 Å². The Morgan fingerprint density at radius 2 is 2.56 bits per heavy atom. The zero-order valence-electron chi connectivity index (χ0n) is 5.21. The van der Waals surface area contributed by atoms with Gasteiger partial charge in [-0.25, -0.2) is 9.67 Å². The average molecular weight is 190 g/mol. The zero-order valence-corrected chi connectivity index (χ0v) is 6.80. The minimum atomic E-state index is 0.779. The maximum Gasteiger partial charge on any atom is 0.138 e. The van der Waals surface area contributed by atoms with Crippen LogP contribution in [0, 0.1) is 0 Å². The SMILES string of the molecule is CCn1ncnc1CBr. The molecule has 0 aliphatic carbocycles. The quantitative estimate of drug-likeness (QED) is 0.656. The van der Waals surface area contributed by atoms with Crippen molar-refractivity contribution in [1.29, 1.82) is 0 Å². The van der Waals surface area contributed by atoms with Crippen molar-refractivity contribution < 1.29 is 0 Å². The number of halogens is 1. The zero-order chi connectivity index (χ0) is 6.69. The topological polar surface area (TPSA) is 30.7 Å². The summed E-state index contributed by atoms with van der Waals surface area (Å²) in [7, 11) is 0. The van der Waals surface area contributed by atoms with Gasteiger partial charge in [-0.1, -0.05) is 15.9 Å². The van der Waals surface area contributed by atoms with Gasteiger partial charge in [-0.3, -0.25) is 0 Å². The van der Waals surface area contributed by atoms with Gasteiger partial charge >= 0.3 is 0 Å². The van der Waals surface area contributed by atoms with Gasteiger partial charge in [-0.15, -0.1) is 0 Å². The second-order valence-electron chi connectivity index (χ2n) is 1.63. The first kappa shape index (κ1) is 6.74. The van der Waals surface area contributed by atoms with E-state index in [2.05, 4.69) is 26.0 Å².